The summed E-state index contributed by atoms with van der Waals surface area (Å²) in [7, 11) is 6.31. The van der Waals surface area contributed by atoms with Crippen LogP contribution in [0.15, 0.2) is 17.6 Å². The van der Waals surface area contributed by atoms with Gasteiger partial charge in [0.2, 0.25) is 11.5 Å². The van der Waals surface area contributed by atoms with Crippen LogP contribution in [0.4, 0.5) is 5.69 Å². The van der Waals surface area contributed by atoms with Crippen LogP contribution < -0.4 is 9.96 Å². The predicted molar refractivity (Wildman–Crippen MR) is 101 cm³/mol. The van der Waals surface area contributed by atoms with Crippen LogP contribution in [0.5, 0.6) is 11.5 Å². The largest absolute Gasteiger partial charge is 0.595 e. The number of ether oxygens (including phenoxy) is 3. The fourth-order valence-corrected chi connectivity index (χ4v) is 5.96. The molecule has 1 aromatic carbocycles. The maximum absolute atomic E-state index is 13.1. The van der Waals surface area contributed by atoms with Gasteiger partial charge in [0.05, 0.1) is 26.9 Å². The fourth-order valence-electron chi connectivity index (χ4n) is 5.96. The van der Waals surface area contributed by atoms with Gasteiger partial charge in [-0.15, -0.1) is 0 Å². The van der Waals surface area contributed by atoms with E-state index in [1.54, 1.807) is 0 Å². The van der Waals surface area contributed by atoms with Crippen molar-refractivity contribution in [2.45, 2.75) is 36.6 Å². The van der Waals surface area contributed by atoms with Crippen molar-refractivity contribution in [1.29, 1.82) is 0 Å². The van der Waals surface area contributed by atoms with E-state index in [2.05, 4.69) is 4.90 Å². The first-order chi connectivity index (χ1) is 13.8. The monoisotopic (exact) mass is 406 g/mol. The van der Waals surface area contributed by atoms with Gasteiger partial charge < -0.3 is 24.5 Å². The molecule has 0 radical (unpaired) electrons. The van der Waals surface area contributed by atoms with E-state index in [9.17, 15) is 20.3 Å². The number of phenols is 1. The van der Waals surface area contributed by atoms with Gasteiger partial charge in [-0.2, -0.15) is 5.23 Å². The molecule has 3 atom stereocenters. The number of rotatable bonds is 4. The second-order valence-corrected chi connectivity index (χ2v) is 7.91. The minimum absolute atomic E-state index is 0.0915. The number of nitrogens with zero attached hydrogens (tertiary/aromatic N) is 1. The van der Waals surface area contributed by atoms with E-state index in [0.717, 1.165) is 0 Å². The van der Waals surface area contributed by atoms with Gasteiger partial charge in [0.15, 0.2) is 22.9 Å². The molecule has 0 aromatic heterocycles. The van der Waals surface area contributed by atoms with Gasteiger partial charge >= 0.3 is 0 Å². The van der Waals surface area contributed by atoms with E-state index >= 15 is 0 Å². The summed E-state index contributed by atoms with van der Waals surface area (Å²) in [5.41, 5.74) is -0.398. The van der Waals surface area contributed by atoms with Crippen molar-refractivity contribution in [3.8, 4) is 11.5 Å². The molecule has 9 heteroatoms. The lowest BCUT2D eigenvalue weighted by Crippen LogP contribution is -2.99. The molecule has 0 bridgehead atoms. The number of nitrogens with one attached hydrogen (secondary N) is 1. The Balaban J connectivity index is 2.11. The number of benzene rings is 1. The topological polar surface area (TPSA) is 116 Å². The number of aromatic hydroxyl groups is 1. The predicted octanol–water partition coefficient (Wildman–Crippen LogP) is 0.540. The van der Waals surface area contributed by atoms with Gasteiger partial charge in [0.1, 0.15) is 0 Å². The number of phenolic OH excluding ortho intramolecular Hbond substituents is 1. The van der Waals surface area contributed by atoms with Gasteiger partial charge in [-0.1, -0.05) is 0 Å². The van der Waals surface area contributed by atoms with Crippen molar-refractivity contribution in [3.63, 3.8) is 0 Å². The number of carbonyl (C=O) groups excluding carboxylic acids is 1. The van der Waals surface area contributed by atoms with E-state index in [0.29, 0.717) is 42.7 Å². The summed E-state index contributed by atoms with van der Waals surface area (Å²) in [5, 5.41) is 31.8. The van der Waals surface area contributed by atoms with Crippen molar-refractivity contribution in [1.82, 2.24) is 4.90 Å². The molecular formula is C20H26N2O7. The molecule has 1 aliphatic heterocycles. The molecular weight excluding hydrogens is 380 g/mol. The van der Waals surface area contributed by atoms with E-state index in [1.165, 1.54) is 27.4 Å². The molecule has 158 valence electrons. The number of methoxy groups -OCH3 is 3. The highest BCUT2D eigenvalue weighted by molar-refractivity contribution is 5.98. The molecule has 9 nitrogen and oxygen atoms in total. The summed E-state index contributed by atoms with van der Waals surface area (Å²) < 4.78 is 16.5. The first kappa shape index (κ1) is 20.0. The number of likely N-dealkylation sites (N-methyl/N-ethyl adjacent to an activating group) is 1. The molecule has 1 aromatic rings. The van der Waals surface area contributed by atoms with Crippen LogP contribution in [0.2, 0.25) is 0 Å². The number of ketones is 1. The molecule has 3 unspecified atom stereocenters. The quantitative estimate of drug-likeness (QED) is 0.490. The standard InChI is InChI=1S/C20H26N2O7/c1-21-8-7-19-10-13(23)17(28-3)18(29-4)20(19,21)6-5-11-12(22(25)26)9-14(27-2)16(24)15(11)19/h9,22,24-25H,5-8,10H2,1-4H3. The molecule has 29 heavy (non-hydrogen) atoms. The summed E-state index contributed by atoms with van der Waals surface area (Å²) in [6, 6.07) is 1.36. The third kappa shape index (κ3) is 2.27. The first-order valence-electron chi connectivity index (χ1n) is 9.52. The van der Waals surface area contributed by atoms with Crippen molar-refractivity contribution < 1.29 is 34.5 Å². The maximum Gasteiger partial charge on any atom is 0.201 e. The minimum atomic E-state index is -1.09. The Hall–Kier alpha value is -2.33. The number of hydrogen-bond donors (Lipinski definition) is 3. The van der Waals surface area contributed by atoms with Crippen LogP contribution in [0, 0.1) is 5.21 Å². The second kappa shape index (κ2) is 6.60. The summed E-state index contributed by atoms with van der Waals surface area (Å²) in [5.74, 6) is 0.411. The molecule has 0 amide bonds. The number of quaternary nitrogens is 1. The van der Waals surface area contributed by atoms with Crippen molar-refractivity contribution in [2.75, 3.05) is 34.9 Å². The summed E-state index contributed by atoms with van der Waals surface area (Å²) >= 11 is 0. The van der Waals surface area contributed by atoms with Crippen LogP contribution in [0.1, 0.15) is 30.4 Å². The lowest BCUT2D eigenvalue weighted by atomic mass is 9.53. The third-order valence-corrected chi connectivity index (χ3v) is 7.06. The van der Waals surface area contributed by atoms with Gasteiger partial charge in [-0.3, -0.25) is 9.69 Å². The highest BCUT2D eigenvalue weighted by Gasteiger charge is 2.69. The van der Waals surface area contributed by atoms with E-state index < -0.39 is 16.2 Å². The Morgan fingerprint density at radius 1 is 1.21 bits per heavy atom. The summed E-state index contributed by atoms with van der Waals surface area (Å²) in [6.45, 7) is 0.662. The normalized spacial score (nSPS) is 29.8. The third-order valence-electron chi connectivity index (χ3n) is 7.06. The van der Waals surface area contributed by atoms with Crippen LogP contribution in [0.3, 0.4) is 0 Å². The van der Waals surface area contributed by atoms with Crippen LogP contribution in [-0.4, -0.2) is 61.5 Å². The zero-order chi connectivity index (χ0) is 21.1. The molecule has 1 heterocycles. The van der Waals surface area contributed by atoms with Gasteiger partial charge in [0, 0.05) is 29.0 Å². The Kier molecular flexibility index (Phi) is 4.54. The Labute approximate surface area is 168 Å². The molecule has 1 fully saturated rings. The highest BCUT2D eigenvalue weighted by Crippen LogP contribution is 2.64. The highest BCUT2D eigenvalue weighted by atomic mass is 16.8. The number of Topliss-reactive ketones (excluding diaryl/α,β-unsaturated/α-hetero) is 1. The SMILES string of the molecule is COC1=C(OC)C23CCc4c([NH+]([O-])O)cc(OC)c(O)c4C2(CCN3C)CC1=O. The van der Waals surface area contributed by atoms with Crippen LogP contribution >= 0.6 is 0 Å². The van der Waals surface area contributed by atoms with Gasteiger partial charge in [-0.25, -0.2) is 5.21 Å². The fraction of sp³-hybridized carbons (Fsp3) is 0.550. The minimum Gasteiger partial charge on any atom is -0.595 e. The van der Waals surface area contributed by atoms with E-state index in [-0.39, 0.29) is 35.1 Å². The zero-order valence-corrected chi connectivity index (χ0v) is 17.0. The second-order valence-electron chi connectivity index (χ2n) is 7.91. The maximum atomic E-state index is 13.1. The summed E-state index contributed by atoms with van der Waals surface area (Å²) in [6.07, 6.45) is 1.64. The van der Waals surface area contributed by atoms with Crippen molar-refractivity contribution in [2.24, 2.45) is 0 Å². The lowest BCUT2D eigenvalue weighted by Gasteiger charge is -2.55. The average molecular weight is 406 g/mol. The molecule has 0 spiro atoms. The molecule has 3 aliphatic rings. The Bertz CT molecular complexity index is 913. The Morgan fingerprint density at radius 3 is 2.52 bits per heavy atom. The molecule has 3 N–H and O–H groups in total. The number of hydrogen-bond acceptors (Lipinski definition) is 8. The molecule has 1 saturated heterocycles. The van der Waals surface area contributed by atoms with Crippen LogP contribution in [-0.2, 0) is 26.1 Å². The zero-order valence-electron chi connectivity index (χ0n) is 17.0. The number of fused-ring (bicyclic) bond motifs is 1. The molecule has 2 aliphatic carbocycles. The van der Waals surface area contributed by atoms with Gasteiger partial charge in [-0.05, 0) is 32.9 Å². The number of carbonyl (C=O) groups is 1. The number of allylic oxidation sites excluding steroid dienone is 1. The number of likely N-dealkylation sites (tertiary alicyclic amines) is 1. The molecule has 0 saturated carbocycles. The summed E-state index contributed by atoms with van der Waals surface area (Å²) in [4.78, 5) is 15.2. The van der Waals surface area contributed by atoms with Crippen molar-refractivity contribution >= 4 is 11.5 Å². The molecule has 4 rings (SSSR count). The lowest BCUT2D eigenvalue weighted by molar-refractivity contribution is -0.991. The Morgan fingerprint density at radius 2 is 1.93 bits per heavy atom. The van der Waals surface area contributed by atoms with E-state index in [1.807, 2.05) is 7.05 Å². The first-order valence-corrected chi connectivity index (χ1v) is 9.52. The average Bonchev–Trinajstić information content (AvgIpc) is 2.99. The smallest absolute Gasteiger partial charge is 0.201 e. The van der Waals surface area contributed by atoms with Crippen LogP contribution in [0.25, 0.3) is 0 Å². The van der Waals surface area contributed by atoms with E-state index in [4.69, 9.17) is 14.2 Å². The van der Waals surface area contributed by atoms with Crippen molar-refractivity contribution in [3.05, 3.63) is 33.9 Å². The van der Waals surface area contributed by atoms with Gasteiger partial charge in [0.25, 0.3) is 0 Å².